The summed E-state index contributed by atoms with van der Waals surface area (Å²) in [4.78, 5) is 2.40. The molecular formula is C52H35NO. The third-order valence-electron chi connectivity index (χ3n) is 10.5. The van der Waals surface area contributed by atoms with Gasteiger partial charge >= 0.3 is 0 Å². The van der Waals surface area contributed by atoms with Crippen molar-refractivity contribution in [1.82, 2.24) is 0 Å². The lowest BCUT2D eigenvalue weighted by atomic mass is 9.93. The highest BCUT2D eigenvalue weighted by Gasteiger charge is 2.21. The van der Waals surface area contributed by atoms with Crippen LogP contribution in [0.2, 0.25) is 0 Å². The quantitative estimate of drug-likeness (QED) is 0.166. The first-order valence-electron chi connectivity index (χ1n) is 18.4. The fraction of sp³-hybridized carbons (Fsp3) is 0. The van der Waals surface area contributed by atoms with E-state index in [9.17, 15) is 0 Å². The van der Waals surface area contributed by atoms with Gasteiger partial charge in [0.2, 0.25) is 0 Å². The second-order valence-electron chi connectivity index (χ2n) is 13.7. The summed E-state index contributed by atoms with van der Waals surface area (Å²) in [5.41, 5.74) is 14.3. The molecule has 0 spiro atoms. The molecule has 0 aliphatic rings. The maximum absolute atomic E-state index is 6.58. The molecule has 0 aliphatic heterocycles. The average molecular weight is 690 g/mol. The number of fused-ring (bicyclic) bond motifs is 4. The molecule has 2 nitrogen and oxygen atoms in total. The van der Waals surface area contributed by atoms with Crippen LogP contribution < -0.4 is 4.90 Å². The van der Waals surface area contributed by atoms with Gasteiger partial charge in [-0.2, -0.15) is 0 Å². The Morgan fingerprint density at radius 2 is 0.815 bits per heavy atom. The number of nitrogens with zero attached hydrogens (tertiary/aromatic N) is 1. The third-order valence-corrected chi connectivity index (χ3v) is 10.5. The van der Waals surface area contributed by atoms with Gasteiger partial charge < -0.3 is 9.32 Å². The summed E-state index contributed by atoms with van der Waals surface area (Å²) in [5, 5.41) is 4.62. The summed E-state index contributed by atoms with van der Waals surface area (Å²) >= 11 is 0. The van der Waals surface area contributed by atoms with Crippen molar-refractivity contribution in [3.63, 3.8) is 0 Å². The van der Waals surface area contributed by atoms with Gasteiger partial charge in [-0.05, 0) is 87.3 Å². The summed E-state index contributed by atoms with van der Waals surface area (Å²) < 4.78 is 6.58. The van der Waals surface area contributed by atoms with E-state index < -0.39 is 0 Å². The van der Waals surface area contributed by atoms with Crippen LogP contribution in [0.1, 0.15) is 0 Å². The number of furan rings is 1. The molecule has 10 rings (SSSR count). The second-order valence-corrected chi connectivity index (χ2v) is 13.7. The molecule has 0 radical (unpaired) electrons. The monoisotopic (exact) mass is 689 g/mol. The predicted octanol–water partition coefficient (Wildman–Crippen LogP) is 14.9. The molecule has 254 valence electrons. The lowest BCUT2D eigenvalue weighted by Crippen LogP contribution is -2.11. The Morgan fingerprint density at radius 3 is 1.54 bits per heavy atom. The average Bonchev–Trinajstić information content (AvgIpc) is 3.64. The van der Waals surface area contributed by atoms with Crippen LogP contribution in [0.4, 0.5) is 17.1 Å². The van der Waals surface area contributed by atoms with Crippen molar-refractivity contribution in [1.29, 1.82) is 0 Å². The number of para-hydroxylation sites is 3. The first-order valence-corrected chi connectivity index (χ1v) is 18.4. The topological polar surface area (TPSA) is 16.4 Å². The SMILES string of the molecule is c1ccc(-c2cc(-c3ccccc3)cc(-c3ccc(N(c4ccccc4-c4cccc5c4oc4ccccc45)c4cccc5ccccc45)cc3)c2)cc1. The molecule has 0 aliphatic carbocycles. The van der Waals surface area contributed by atoms with Crippen molar-refractivity contribution < 1.29 is 4.42 Å². The van der Waals surface area contributed by atoms with E-state index >= 15 is 0 Å². The van der Waals surface area contributed by atoms with Crippen LogP contribution in [0, 0.1) is 0 Å². The summed E-state index contributed by atoms with van der Waals surface area (Å²) in [6.45, 7) is 0. The second kappa shape index (κ2) is 13.4. The molecule has 1 heterocycles. The zero-order valence-electron chi connectivity index (χ0n) is 29.6. The molecule has 9 aromatic carbocycles. The van der Waals surface area contributed by atoms with E-state index in [0.29, 0.717) is 0 Å². The summed E-state index contributed by atoms with van der Waals surface area (Å²) in [6, 6.07) is 75.9. The van der Waals surface area contributed by atoms with Crippen LogP contribution in [0.5, 0.6) is 0 Å². The van der Waals surface area contributed by atoms with Gasteiger partial charge in [-0.3, -0.25) is 0 Å². The van der Waals surface area contributed by atoms with E-state index in [4.69, 9.17) is 4.42 Å². The van der Waals surface area contributed by atoms with E-state index in [2.05, 4.69) is 205 Å². The van der Waals surface area contributed by atoms with Gasteiger partial charge in [0.15, 0.2) is 0 Å². The highest BCUT2D eigenvalue weighted by Crippen LogP contribution is 2.46. The smallest absolute Gasteiger partial charge is 0.143 e. The summed E-state index contributed by atoms with van der Waals surface area (Å²) in [7, 11) is 0. The van der Waals surface area contributed by atoms with E-state index in [-0.39, 0.29) is 0 Å². The molecule has 1 aromatic heterocycles. The molecular weight excluding hydrogens is 655 g/mol. The third kappa shape index (κ3) is 5.62. The largest absolute Gasteiger partial charge is 0.455 e. The van der Waals surface area contributed by atoms with Crippen LogP contribution in [0.3, 0.4) is 0 Å². The van der Waals surface area contributed by atoms with Gasteiger partial charge in [0, 0.05) is 33.0 Å². The minimum atomic E-state index is 0.894. The van der Waals surface area contributed by atoms with Crippen molar-refractivity contribution >= 4 is 49.8 Å². The Kier molecular flexibility index (Phi) is 7.85. The Labute approximate surface area is 314 Å². The molecule has 0 unspecified atom stereocenters. The number of anilines is 3. The van der Waals surface area contributed by atoms with Crippen molar-refractivity contribution in [2.45, 2.75) is 0 Å². The first-order chi connectivity index (χ1) is 26.8. The van der Waals surface area contributed by atoms with Crippen molar-refractivity contribution in [2.24, 2.45) is 0 Å². The minimum Gasteiger partial charge on any atom is -0.455 e. The minimum absolute atomic E-state index is 0.894. The fourth-order valence-corrected chi connectivity index (χ4v) is 7.86. The zero-order chi connectivity index (χ0) is 35.8. The van der Waals surface area contributed by atoms with Gasteiger partial charge in [-0.15, -0.1) is 0 Å². The van der Waals surface area contributed by atoms with Gasteiger partial charge in [-0.25, -0.2) is 0 Å². The van der Waals surface area contributed by atoms with Gasteiger partial charge in [0.1, 0.15) is 11.2 Å². The first kappa shape index (κ1) is 31.6. The van der Waals surface area contributed by atoms with Crippen molar-refractivity contribution in [2.75, 3.05) is 4.90 Å². The Hall–Kier alpha value is -7.16. The Morgan fingerprint density at radius 1 is 0.315 bits per heavy atom. The van der Waals surface area contributed by atoms with Crippen LogP contribution in [0.25, 0.3) is 77.2 Å². The highest BCUT2D eigenvalue weighted by atomic mass is 16.3. The van der Waals surface area contributed by atoms with Crippen LogP contribution >= 0.6 is 0 Å². The highest BCUT2D eigenvalue weighted by molar-refractivity contribution is 6.11. The van der Waals surface area contributed by atoms with E-state index in [1.165, 1.54) is 38.6 Å². The number of benzene rings is 9. The lowest BCUT2D eigenvalue weighted by molar-refractivity contribution is 0.670. The molecule has 0 N–H and O–H groups in total. The van der Waals surface area contributed by atoms with Crippen molar-refractivity contribution in [3.8, 4) is 44.5 Å². The van der Waals surface area contributed by atoms with Crippen LogP contribution in [-0.2, 0) is 0 Å². The van der Waals surface area contributed by atoms with Crippen LogP contribution in [0.15, 0.2) is 217 Å². The summed E-state index contributed by atoms with van der Waals surface area (Å²) in [5.74, 6) is 0. The Balaban J connectivity index is 1.15. The number of hydrogen-bond donors (Lipinski definition) is 0. The molecule has 0 atom stereocenters. The zero-order valence-corrected chi connectivity index (χ0v) is 29.6. The fourth-order valence-electron chi connectivity index (χ4n) is 7.86. The van der Waals surface area contributed by atoms with E-state index in [1.54, 1.807) is 0 Å². The standard InChI is InChI=1S/C52H35NO/c1-3-15-36(16-4-1)40-33-41(37-17-5-2-6-18-37)35-42(34-40)38-29-31-43(32-30-38)53(49-27-13-20-39-19-7-8-21-44(39)49)50-26-11-9-22-45(50)47-24-14-25-48-46-23-10-12-28-51(46)54-52(47)48/h1-35H. The molecule has 0 fully saturated rings. The number of rotatable bonds is 7. The maximum Gasteiger partial charge on any atom is 0.143 e. The lowest BCUT2D eigenvalue weighted by Gasteiger charge is -2.29. The normalized spacial score (nSPS) is 11.3. The summed E-state index contributed by atoms with van der Waals surface area (Å²) in [6.07, 6.45) is 0. The van der Waals surface area contributed by atoms with Crippen molar-refractivity contribution in [3.05, 3.63) is 212 Å². The maximum atomic E-state index is 6.58. The Bertz CT molecular complexity index is 2860. The predicted molar refractivity (Wildman–Crippen MR) is 228 cm³/mol. The molecule has 0 saturated heterocycles. The molecule has 54 heavy (non-hydrogen) atoms. The molecule has 0 saturated carbocycles. The van der Waals surface area contributed by atoms with Gasteiger partial charge in [0.05, 0.1) is 11.4 Å². The number of hydrogen-bond acceptors (Lipinski definition) is 2. The van der Waals surface area contributed by atoms with Gasteiger partial charge in [0.25, 0.3) is 0 Å². The molecule has 2 heteroatoms. The molecule has 10 aromatic rings. The van der Waals surface area contributed by atoms with E-state index in [0.717, 1.165) is 55.7 Å². The van der Waals surface area contributed by atoms with Crippen LogP contribution in [-0.4, -0.2) is 0 Å². The van der Waals surface area contributed by atoms with Gasteiger partial charge in [-0.1, -0.05) is 164 Å². The molecule has 0 amide bonds. The van der Waals surface area contributed by atoms with E-state index in [1.807, 2.05) is 12.1 Å². The molecule has 0 bridgehead atoms.